The summed E-state index contributed by atoms with van der Waals surface area (Å²) >= 11 is 0. The van der Waals surface area contributed by atoms with Crippen LogP contribution in [0, 0.1) is 0 Å². The molecule has 0 saturated heterocycles. The van der Waals surface area contributed by atoms with Crippen molar-refractivity contribution in [2.75, 3.05) is 30.0 Å². The smallest absolute Gasteiger partial charge is 0.228 e. The summed E-state index contributed by atoms with van der Waals surface area (Å²) in [6, 6.07) is 11.3. The molecule has 2 aromatic carbocycles. The van der Waals surface area contributed by atoms with Gasteiger partial charge in [-0.15, -0.1) is 0 Å². The zero-order valence-electron chi connectivity index (χ0n) is 14.6. The minimum Gasteiger partial charge on any atom is -0.486 e. The van der Waals surface area contributed by atoms with Crippen LogP contribution in [0.25, 0.3) is 0 Å². The van der Waals surface area contributed by atoms with Crippen LogP contribution in [0.4, 0.5) is 11.4 Å². The first-order valence-corrected chi connectivity index (χ1v) is 8.69. The van der Waals surface area contributed by atoms with Crippen LogP contribution < -0.4 is 19.7 Å². The molecule has 6 nitrogen and oxygen atoms in total. The standard InChI is InChI=1S/C20H20N2O4/c1-13(23)22-7-6-15-3-4-16(12-17(15)22)21-20(24)11-14-2-5-18-19(10-14)26-9-8-25-18/h2-5,10,12H,6-9,11H2,1H3,(H,21,24). The molecule has 0 fully saturated rings. The maximum absolute atomic E-state index is 12.4. The summed E-state index contributed by atoms with van der Waals surface area (Å²) in [7, 11) is 0. The molecule has 2 aliphatic rings. The van der Waals surface area contributed by atoms with Gasteiger partial charge in [0.1, 0.15) is 13.2 Å². The number of carbonyl (C=O) groups excluding carboxylic acids is 2. The van der Waals surface area contributed by atoms with Crippen molar-refractivity contribution in [3.05, 3.63) is 47.5 Å². The lowest BCUT2D eigenvalue weighted by atomic mass is 10.1. The molecule has 4 rings (SSSR count). The quantitative estimate of drug-likeness (QED) is 0.922. The summed E-state index contributed by atoms with van der Waals surface area (Å²) in [5.41, 5.74) is 3.57. The fourth-order valence-corrected chi connectivity index (χ4v) is 3.37. The maximum atomic E-state index is 12.4. The molecule has 0 radical (unpaired) electrons. The van der Waals surface area contributed by atoms with E-state index in [1.165, 1.54) is 0 Å². The predicted octanol–water partition coefficient (Wildman–Crippen LogP) is 2.55. The highest BCUT2D eigenvalue weighted by molar-refractivity contribution is 5.97. The Morgan fingerprint density at radius 1 is 1.08 bits per heavy atom. The van der Waals surface area contributed by atoms with Gasteiger partial charge in [-0.2, -0.15) is 0 Å². The minimum absolute atomic E-state index is 0.0171. The van der Waals surface area contributed by atoms with Crippen LogP contribution in [0.15, 0.2) is 36.4 Å². The lowest BCUT2D eigenvalue weighted by molar-refractivity contribution is -0.116. The summed E-state index contributed by atoms with van der Waals surface area (Å²) in [6.07, 6.45) is 1.09. The maximum Gasteiger partial charge on any atom is 0.228 e. The molecule has 1 N–H and O–H groups in total. The lowest BCUT2D eigenvalue weighted by Gasteiger charge is -2.19. The van der Waals surface area contributed by atoms with Gasteiger partial charge in [-0.3, -0.25) is 9.59 Å². The first kappa shape index (κ1) is 16.4. The Bertz CT molecular complexity index is 878. The van der Waals surface area contributed by atoms with E-state index in [-0.39, 0.29) is 18.2 Å². The van der Waals surface area contributed by atoms with Gasteiger partial charge in [0.25, 0.3) is 0 Å². The van der Waals surface area contributed by atoms with Crippen LogP contribution in [-0.4, -0.2) is 31.6 Å². The Kier molecular flexibility index (Phi) is 4.24. The second-order valence-electron chi connectivity index (χ2n) is 6.47. The molecule has 26 heavy (non-hydrogen) atoms. The number of anilines is 2. The van der Waals surface area contributed by atoms with Gasteiger partial charge in [-0.1, -0.05) is 12.1 Å². The van der Waals surface area contributed by atoms with Crippen molar-refractivity contribution in [1.29, 1.82) is 0 Å². The zero-order valence-corrected chi connectivity index (χ0v) is 14.6. The highest BCUT2D eigenvalue weighted by Crippen LogP contribution is 2.32. The van der Waals surface area contributed by atoms with E-state index in [1.807, 2.05) is 36.4 Å². The Morgan fingerprint density at radius 3 is 2.69 bits per heavy atom. The number of hydrogen-bond donors (Lipinski definition) is 1. The van der Waals surface area contributed by atoms with Gasteiger partial charge in [-0.25, -0.2) is 0 Å². The minimum atomic E-state index is -0.117. The van der Waals surface area contributed by atoms with Crippen LogP contribution in [0.3, 0.4) is 0 Å². The number of carbonyl (C=O) groups is 2. The largest absolute Gasteiger partial charge is 0.486 e. The summed E-state index contributed by atoms with van der Waals surface area (Å²) in [6.45, 7) is 3.31. The topological polar surface area (TPSA) is 67.9 Å². The van der Waals surface area contributed by atoms with E-state index < -0.39 is 0 Å². The van der Waals surface area contributed by atoms with E-state index in [1.54, 1.807) is 11.8 Å². The predicted molar refractivity (Wildman–Crippen MR) is 97.9 cm³/mol. The second-order valence-corrected chi connectivity index (χ2v) is 6.47. The third-order valence-electron chi connectivity index (χ3n) is 4.62. The number of ether oxygens (including phenoxy) is 2. The third-order valence-corrected chi connectivity index (χ3v) is 4.62. The van der Waals surface area contributed by atoms with Gasteiger partial charge in [-0.05, 0) is 41.8 Å². The molecule has 2 heterocycles. The molecule has 0 aromatic heterocycles. The number of nitrogens with one attached hydrogen (secondary N) is 1. The van der Waals surface area contributed by atoms with Gasteiger partial charge in [0.15, 0.2) is 11.5 Å². The Morgan fingerprint density at radius 2 is 1.88 bits per heavy atom. The van der Waals surface area contributed by atoms with Crippen molar-refractivity contribution in [2.45, 2.75) is 19.8 Å². The van der Waals surface area contributed by atoms with Crippen LogP contribution in [0.5, 0.6) is 11.5 Å². The average Bonchev–Trinajstić information content (AvgIpc) is 3.05. The number of amides is 2. The molecule has 0 aliphatic carbocycles. The summed E-state index contributed by atoms with van der Waals surface area (Å²) < 4.78 is 11.0. The van der Waals surface area contributed by atoms with Crippen molar-refractivity contribution < 1.29 is 19.1 Å². The number of hydrogen-bond acceptors (Lipinski definition) is 4. The van der Waals surface area contributed by atoms with Crippen molar-refractivity contribution >= 4 is 23.2 Å². The lowest BCUT2D eigenvalue weighted by Crippen LogP contribution is -2.25. The monoisotopic (exact) mass is 352 g/mol. The van der Waals surface area contributed by atoms with Crippen LogP contribution in [0.2, 0.25) is 0 Å². The van der Waals surface area contributed by atoms with Crippen LogP contribution in [0.1, 0.15) is 18.1 Å². The van der Waals surface area contributed by atoms with Crippen molar-refractivity contribution in [2.24, 2.45) is 0 Å². The van der Waals surface area contributed by atoms with E-state index in [2.05, 4.69) is 5.32 Å². The number of benzene rings is 2. The number of rotatable bonds is 3. The Labute approximate surface area is 151 Å². The first-order chi connectivity index (χ1) is 12.6. The number of nitrogens with zero attached hydrogens (tertiary/aromatic N) is 1. The molecule has 2 amide bonds. The van der Waals surface area contributed by atoms with Gasteiger partial charge in [0.05, 0.1) is 6.42 Å². The van der Waals surface area contributed by atoms with E-state index in [4.69, 9.17) is 9.47 Å². The van der Waals surface area contributed by atoms with Crippen LogP contribution >= 0.6 is 0 Å². The molecule has 0 bridgehead atoms. The molecular weight excluding hydrogens is 332 g/mol. The normalized spacial score (nSPS) is 14.7. The molecule has 0 atom stereocenters. The summed E-state index contributed by atoms with van der Waals surface area (Å²) in [5, 5.41) is 2.91. The van der Waals surface area contributed by atoms with E-state index in [0.29, 0.717) is 36.9 Å². The first-order valence-electron chi connectivity index (χ1n) is 8.69. The Balaban J connectivity index is 1.46. The molecule has 6 heteroatoms. The summed E-state index contributed by atoms with van der Waals surface area (Å²) in [4.78, 5) is 25.9. The van der Waals surface area contributed by atoms with E-state index >= 15 is 0 Å². The third kappa shape index (κ3) is 3.22. The molecule has 2 aliphatic heterocycles. The summed E-state index contributed by atoms with van der Waals surface area (Å²) in [5.74, 6) is 1.29. The highest BCUT2D eigenvalue weighted by atomic mass is 16.6. The average molecular weight is 352 g/mol. The molecule has 0 spiro atoms. The van der Waals surface area contributed by atoms with Gasteiger partial charge < -0.3 is 19.7 Å². The molecule has 0 unspecified atom stereocenters. The second kappa shape index (κ2) is 6.71. The van der Waals surface area contributed by atoms with Crippen molar-refractivity contribution in [1.82, 2.24) is 0 Å². The van der Waals surface area contributed by atoms with E-state index in [0.717, 1.165) is 23.2 Å². The van der Waals surface area contributed by atoms with E-state index in [9.17, 15) is 9.59 Å². The SMILES string of the molecule is CC(=O)N1CCc2ccc(NC(=O)Cc3ccc4c(c3)OCCO4)cc21. The molecule has 0 saturated carbocycles. The van der Waals surface area contributed by atoms with Crippen molar-refractivity contribution in [3.63, 3.8) is 0 Å². The fraction of sp³-hybridized carbons (Fsp3) is 0.300. The zero-order chi connectivity index (χ0) is 18.1. The highest BCUT2D eigenvalue weighted by Gasteiger charge is 2.22. The molecular formula is C20H20N2O4. The van der Waals surface area contributed by atoms with Crippen LogP contribution in [-0.2, 0) is 22.4 Å². The van der Waals surface area contributed by atoms with Gasteiger partial charge in [0.2, 0.25) is 11.8 Å². The van der Waals surface area contributed by atoms with Crippen molar-refractivity contribution in [3.8, 4) is 11.5 Å². The Hall–Kier alpha value is -3.02. The number of fused-ring (bicyclic) bond motifs is 2. The fourth-order valence-electron chi connectivity index (χ4n) is 3.37. The van der Waals surface area contributed by atoms with Gasteiger partial charge in [0, 0.05) is 24.8 Å². The van der Waals surface area contributed by atoms with Gasteiger partial charge >= 0.3 is 0 Å². The molecule has 134 valence electrons. The molecule has 2 aromatic rings.